The van der Waals surface area contributed by atoms with Crippen LogP contribution >= 0.6 is 0 Å². The molecule has 0 radical (unpaired) electrons. The Bertz CT molecular complexity index is 212. The molecule has 0 saturated heterocycles. The van der Waals surface area contributed by atoms with Crippen molar-refractivity contribution >= 4 is 0 Å². The normalized spacial score (nSPS) is 32.8. The van der Waals surface area contributed by atoms with Gasteiger partial charge in [0.05, 0.1) is 0 Å². The van der Waals surface area contributed by atoms with E-state index in [-0.39, 0.29) is 0 Å². The summed E-state index contributed by atoms with van der Waals surface area (Å²) in [6.45, 7) is 10.0. The Balaban J connectivity index is 2.63. The van der Waals surface area contributed by atoms with E-state index in [1.165, 1.54) is 12.8 Å². The van der Waals surface area contributed by atoms with E-state index < -0.39 is 0 Å². The molecule has 0 aliphatic heterocycles. The zero-order valence-corrected chi connectivity index (χ0v) is 8.63. The van der Waals surface area contributed by atoms with Crippen LogP contribution in [0.4, 0.5) is 0 Å². The largest absolute Gasteiger partial charge is 0.103 e. The van der Waals surface area contributed by atoms with E-state index in [2.05, 4.69) is 38.3 Å². The molecule has 0 heteroatoms. The predicted molar refractivity (Wildman–Crippen MR) is 59.6 cm³/mol. The zero-order valence-electron chi connectivity index (χ0n) is 8.63. The van der Waals surface area contributed by atoms with E-state index in [9.17, 15) is 0 Å². The van der Waals surface area contributed by atoms with Gasteiger partial charge in [-0.2, -0.15) is 0 Å². The monoisotopic (exact) mass is 176 g/mol. The highest BCUT2D eigenvalue weighted by Gasteiger charge is 2.30. The van der Waals surface area contributed by atoms with Crippen molar-refractivity contribution in [2.75, 3.05) is 0 Å². The third-order valence-electron chi connectivity index (χ3n) is 3.26. The molecule has 1 rings (SSSR count). The Kier molecular flexibility index (Phi) is 3.53. The first-order chi connectivity index (χ1) is 6.23. The van der Waals surface area contributed by atoms with Crippen LogP contribution in [-0.4, -0.2) is 0 Å². The van der Waals surface area contributed by atoms with Crippen molar-refractivity contribution in [3.8, 4) is 0 Å². The SMILES string of the molecule is C=CCC[C@H]1CC=CC[C@]1(C)C=C. The van der Waals surface area contributed by atoms with Crippen LogP contribution in [0.2, 0.25) is 0 Å². The van der Waals surface area contributed by atoms with Crippen LogP contribution in [0, 0.1) is 11.3 Å². The van der Waals surface area contributed by atoms with Crippen LogP contribution in [0.1, 0.15) is 32.6 Å². The first-order valence-corrected chi connectivity index (χ1v) is 5.12. The van der Waals surface area contributed by atoms with E-state index in [0.717, 1.165) is 18.8 Å². The third-order valence-corrected chi connectivity index (χ3v) is 3.26. The van der Waals surface area contributed by atoms with Crippen LogP contribution in [0.25, 0.3) is 0 Å². The van der Waals surface area contributed by atoms with Crippen molar-refractivity contribution in [2.45, 2.75) is 32.6 Å². The predicted octanol–water partition coefficient (Wildman–Crippen LogP) is 4.11. The Hall–Kier alpha value is -0.780. The van der Waals surface area contributed by atoms with Gasteiger partial charge in [0.15, 0.2) is 0 Å². The van der Waals surface area contributed by atoms with Crippen molar-refractivity contribution in [3.63, 3.8) is 0 Å². The highest BCUT2D eigenvalue weighted by atomic mass is 14.3. The van der Waals surface area contributed by atoms with Gasteiger partial charge >= 0.3 is 0 Å². The van der Waals surface area contributed by atoms with E-state index in [1.807, 2.05) is 6.08 Å². The van der Waals surface area contributed by atoms with Gasteiger partial charge in [0.25, 0.3) is 0 Å². The minimum atomic E-state index is 0.317. The minimum Gasteiger partial charge on any atom is -0.103 e. The van der Waals surface area contributed by atoms with E-state index >= 15 is 0 Å². The van der Waals surface area contributed by atoms with Crippen LogP contribution in [0.15, 0.2) is 37.5 Å². The molecule has 0 bridgehead atoms. The lowest BCUT2D eigenvalue weighted by Gasteiger charge is -2.36. The number of allylic oxidation sites excluding steroid dienone is 4. The van der Waals surface area contributed by atoms with Crippen LogP contribution in [0.3, 0.4) is 0 Å². The molecule has 0 saturated carbocycles. The summed E-state index contributed by atoms with van der Waals surface area (Å²) in [6.07, 6.45) is 13.5. The van der Waals surface area contributed by atoms with Crippen molar-refractivity contribution < 1.29 is 0 Å². The zero-order chi connectivity index (χ0) is 9.73. The molecule has 1 aliphatic carbocycles. The second-order valence-electron chi connectivity index (χ2n) is 4.18. The lowest BCUT2D eigenvalue weighted by atomic mass is 9.68. The lowest BCUT2D eigenvalue weighted by molar-refractivity contribution is 0.234. The van der Waals surface area contributed by atoms with Gasteiger partial charge in [0, 0.05) is 0 Å². The number of hydrogen-bond donors (Lipinski definition) is 0. The third kappa shape index (κ3) is 2.33. The molecule has 72 valence electrons. The molecule has 0 N–H and O–H groups in total. The Morgan fingerprint density at radius 2 is 2.23 bits per heavy atom. The first kappa shape index (κ1) is 10.3. The van der Waals surface area contributed by atoms with Gasteiger partial charge in [-0.15, -0.1) is 13.2 Å². The molecule has 2 atom stereocenters. The Morgan fingerprint density at radius 1 is 1.46 bits per heavy atom. The highest BCUT2D eigenvalue weighted by molar-refractivity contribution is 5.07. The van der Waals surface area contributed by atoms with Gasteiger partial charge in [-0.1, -0.05) is 31.2 Å². The van der Waals surface area contributed by atoms with Crippen LogP contribution in [0.5, 0.6) is 0 Å². The summed E-state index contributed by atoms with van der Waals surface area (Å²) < 4.78 is 0. The van der Waals surface area contributed by atoms with Crippen molar-refractivity contribution in [1.82, 2.24) is 0 Å². The van der Waals surface area contributed by atoms with Crippen molar-refractivity contribution in [3.05, 3.63) is 37.5 Å². The average molecular weight is 176 g/mol. The summed E-state index contributed by atoms with van der Waals surface area (Å²) in [7, 11) is 0. The molecule has 0 nitrogen and oxygen atoms in total. The van der Waals surface area contributed by atoms with Gasteiger partial charge in [-0.05, 0) is 37.0 Å². The van der Waals surface area contributed by atoms with Crippen LogP contribution < -0.4 is 0 Å². The van der Waals surface area contributed by atoms with Gasteiger partial charge < -0.3 is 0 Å². The minimum absolute atomic E-state index is 0.317. The Morgan fingerprint density at radius 3 is 2.85 bits per heavy atom. The molecule has 0 aromatic carbocycles. The molecular weight excluding hydrogens is 156 g/mol. The fraction of sp³-hybridized carbons (Fsp3) is 0.538. The molecule has 0 fully saturated rings. The summed E-state index contributed by atoms with van der Waals surface area (Å²) in [6, 6.07) is 0. The fourth-order valence-corrected chi connectivity index (χ4v) is 2.05. The van der Waals surface area contributed by atoms with Gasteiger partial charge in [0.2, 0.25) is 0 Å². The summed E-state index contributed by atoms with van der Waals surface area (Å²) in [5.74, 6) is 0.757. The van der Waals surface area contributed by atoms with Crippen molar-refractivity contribution in [1.29, 1.82) is 0 Å². The lowest BCUT2D eigenvalue weighted by Crippen LogP contribution is -2.26. The van der Waals surface area contributed by atoms with Gasteiger partial charge in [-0.3, -0.25) is 0 Å². The molecule has 1 aliphatic rings. The topological polar surface area (TPSA) is 0 Å². The number of hydrogen-bond acceptors (Lipinski definition) is 0. The molecule has 0 aromatic rings. The molecule has 0 amide bonds. The molecule has 0 spiro atoms. The average Bonchev–Trinajstić information content (AvgIpc) is 2.17. The molecular formula is C13H20. The van der Waals surface area contributed by atoms with Gasteiger partial charge in [-0.25, -0.2) is 0 Å². The fourth-order valence-electron chi connectivity index (χ4n) is 2.05. The molecule has 0 heterocycles. The maximum Gasteiger partial charge on any atom is -0.00835 e. The highest BCUT2D eigenvalue weighted by Crippen LogP contribution is 2.41. The Labute approximate surface area is 82.0 Å². The summed E-state index contributed by atoms with van der Waals surface area (Å²) in [4.78, 5) is 0. The van der Waals surface area contributed by atoms with E-state index in [1.54, 1.807) is 0 Å². The summed E-state index contributed by atoms with van der Waals surface area (Å²) >= 11 is 0. The summed E-state index contributed by atoms with van der Waals surface area (Å²) in [5, 5.41) is 0. The standard InChI is InChI=1S/C13H20/c1-4-6-9-12-10-7-8-11-13(12,3)5-2/h4-5,7-8,12H,1-2,6,9-11H2,3H3/t12-,13-/m0/s1. The quantitative estimate of drug-likeness (QED) is 0.565. The van der Waals surface area contributed by atoms with Crippen LogP contribution in [-0.2, 0) is 0 Å². The van der Waals surface area contributed by atoms with Crippen molar-refractivity contribution in [2.24, 2.45) is 11.3 Å². The second-order valence-corrected chi connectivity index (χ2v) is 4.18. The van der Waals surface area contributed by atoms with Gasteiger partial charge in [0.1, 0.15) is 0 Å². The van der Waals surface area contributed by atoms with E-state index in [0.29, 0.717) is 5.41 Å². The molecule has 0 aromatic heterocycles. The number of rotatable bonds is 4. The summed E-state index contributed by atoms with van der Waals surface area (Å²) in [5.41, 5.74) is 0.317. The maximum absolute atomic E-state index is 3.95. The first-order valence-electron chi connectivity index (χ1n) is 5.12. The smallest absolute Gasteiger partial charge is 0.00835 e. The van der Waals surface area contributed by atoms with E-state index in [4.69, 9.17) is 0 Å². The molecule has 13 heavy (non-hydrogen) atoms. The second kappa shape index (κ2) is 4.45. The maximum atomic E-state index is 3.95. The molecule has 0 unspecified atom stereocenters.